The van der Waals surface area contributed by atoms with Gasteiger partial charge in [0, 0.05) is 22.5 Å². The minimum absolute atomic E-state index is 0.349. The van der Waals surface area contributed by atoms with E-state index in [1.807, 2.05) is 6.07 Å². The first-order valence-corrected chi connectivity index (χ1v) is 6.72. The molecule has 0 saturated heterocycles. The minimum atomic E-state index is -0.349. The molecule has 0 aliphatic heterocycles. The summed E-state index contributed by atoms with van der Waals surface area (Å²) in [6.45, 7) is 4.00. The standard InChI is InChI=1S/C16H15ClN2O2/c1-2-9-21-15-8-4-7-14(11-15)19-16(20)18-13-6-3-5-12(17)10-13/h2-8,10-11H,1,9H2,(H2,18,19,20). The van der Waals surface area contributed by atoms with Gasteiger partial charge in [-0.15, -0.1) is 0 Å². The second-order valence-electron chi connectivity index (χ2n) is 4.22. The zero-order chi connectivity index (χ0) is 15.1. The van der Waals surface area contributed by atoms with Crippen molar-refractivity contribution in [3.63, 3.8) is 0 Å². The normalized spacial score (nSPS) is 9.76. The summed E-state index contributed by atoms with van der Waals surface area (Å²) in [6, 6.07) is 13.7. The van der Waals surface area contributed by atoms with Gasteiger partial charge in [-0.1, -0.05) is 36.4 Å². The van der Waals surface area contributed by atoms with Crippen LogP contribution in [0.4, 0.5) is 16.2 Å². The van der Waals surface area contributed by atoms with E-state index in [9.17, 15) is 4.79 Å². The van der Waals surface area contributed by atoms with E-state index >= 15 is 0 Å². The molecule has 2 aromatic rings. The molecule has 0 fully saturated rings. The molecule has 2 N–H and O–H groups in total. The fourth-order valence-electron chi connectivity index (χ4n) is 1.68. The van der Waals surface area contributed by atoms with Gasteiger partial charge < -0.3 is 15.4 Å². The number of rotatable bonds is 5. The molecule has 0 atom stereocenters. The molecule has 0 spiro atoms. The third kappa shape index (κ3) is 4.85. The molecule has 0 bridgehead atoms. The van der Waals surface area contributed by atoms with Crippen LogP contribution in [0.3, 0.4) is 0 Å². The van der Waals surface area contributed by atoms with Crippen LogP contribution in [0, 0.1) is 0 Å². The lowest BCUT2D eigenvalue weighted by Gasteiger charge is -2.09. The van der Waals surface area contributed by atoms with E-state index in [0.29, 0.717) is 28.8 Å². The zero-order valence-electron chi connectivity index (χ0n) is 11.3. The summed E-state index contributed by atoms with van der Waals surface area (Å²) in [5.74, 6) is 0.662. The van der Waals surface area contributed by atoms with E-state index in [1.54, 1.807) is 48.5 Å². The highest BCUT2D eigenvalue weighted by Gasteiger charge is 2.04. The Morgan fingerprint density at radius 2 is 1.81 bits per heavy atom. The van der Waals surface area contributed by atoms with Crippen LogP contribution in [-0.2, 0) is 0 Å². The molecule has 0 aliphatic carbocycles. The van der Waals surface area contributed by atoms with E-state index in [4.69, 9.17) is 16.3 Å². The van der Waals surface area contributed by atoms with Gasteiger partial charge in [0.25, 0.3) is 0 Å². The maximum atomic E-state index is 11.9. The van der Waals surface area contributed by atoms with Crippen LogP contribution in [0.2, 0.25) is 5.02 Å². The molecule has 21 heavy (non-hydrogen) atoms. The number of halogens is 1. The van der Waals surface area contributed by atoms with Crippen LogP contribution in [0.15, 0.2) is 61.2 Å². The molecule has 5 heteroatoms. The Morgan fingerprint density at radius 3 is 2.48 bits per heavy atom. The molecule has 0 aliphatic rings. The summed E-state index contributed by atoms with van der Waals surface area (Å²) in [4.78, 5) is 11.9. The van der Waals surface area contributed by atoms with Crippen molar-refractivity contribution in [2.45, 2.75) is 0 Å². The SMILES string of the molecule is C=CCOc1cccc(NC(=O)Nc2cccc(Cl)c2)c1. The van der Waals surface area contributed by atoms with Crippen molar-refractivity contribution < 1.29 is 9.53 Å². The minimum Gasteiger partial charge on any atom is -0.489 e. The highest BCUT2D eigenvalue weighted by atomic mass is 35.5. The van der Waals surface area contributed by atoms with Gasteiger partial charge >= 0.3 is 6.03 Å². The Balaban J connectivity index is 1.97. The van der Waals surface area contributed by atoms with Gasteiger partial charge in [0.1, 0.15) is 12.4 Å². The van der Waals surface area contributed by atoms with Crippen molar-refractivity contribution in [2.75, 3.05) is 17.2 Å². The monoisotopic (exact) mass is 302 g/mol. The third-order valence-corrected chi connectivity index (χ3v) is 2.78. The van der Waals surface area contributed by atoms with E-state index < -0.39 is 0 Å². The molecule has 2 aromatic carbocycles. The van der Waals surface area contributed by atoms with Crippen LogP contribution in [0.5, 0.6) is 5.75 Å². The number of urea groups is 1. The predicted octanol–water partition coefficient (Wildman–Crippen LogP) is 4.55. The van der Waals surface area contributed by atoms with Crippen molar-refractivity contribution >= 4 is 29.0 Å². The van der Waals surface area contributed by atoms with Crippen LogP contribution in [-0.4, -0.2) is 12.6 Å². The topological polar surface area (TPSA) is 50.4 Å². The quantitative estimate of drug-likeness (QED) is 0.796. The number of anilines is 2. The Kier molecular flexibility index (Phi) is 5.23. The van der Waals surface area contributed by atoms with Crippen LogP contribution in [0.25, 0.3) is 0 Å². The third-order valence-electron chi connectivity index (χ3n) is 2.54. The average Bonchev–Trinajstić information content (AvgIpc) is 2.45. The van der Waals surface area contributed by atoms with Gasteiger partial charge in [0.15, 0.2) is 0 Å². The summed E-state index contributed by atoms with van der Waals surface area (Å²) in [5.41, 5.74) is 1.26. The maximum Gasteiger partial charge on any atom is 0.323 e. The average molecular weight is 303 g/mol. The van der Waals surface area contributed by atoms with Gasteiger partial charge in [0.05, 0.1) is 0 Å². The summed E-state index contributed by atoms with van der Waals surface area (Å²) >= 11 is 5.86. The first-order chi connectivity index (χ1) is 10.2. The Labute approximate surface area is 128 Å². The van der Waals surface area contributed by atoms with Gasteiger partial charge in [-0.2, -0.15) is 0 Å². The molecule has 0 heterocycles. The molecular formula is C16H15ClN2O2. The van der Waals surface area contributed by atoms with Crippen molar-refractivity contribution in [1.29, 1.82) is 0 Å². The molecule has 2 amide bonds. The van der Waals surface area contributed by atoms with Crippen molar-refractivity contribution in [3.05, 3.63) is 66.2 Å². The lowest BCUT2D eigenvalue weighted by Crippen LogP contribution is -2.19. The number of benzene rings is 2. The smallest absolute Gasteiger partial charge is 0.323 e. The lowest BCUT2D eigenvalue weighted by atomic mass is 10.3. The molecule has 0 unspecified atom stereocenters. The second kappa shape index (κ2) is 7.36. The van der Waals surface area contributed by atoms with E-state index in [-0.39, 0.29) is 6.03 Å². The summed E-state index contributed by atoms with van der Waals surface area (Å²) in [7, 11) is 0. The van der Waals surface area contributed by atoms with E-state index in [1.165, 1.54) is 0 Å². The van der Waals surface area contributed by atoms with E-state index in [2.05, 4.69) is 17.2 Å². The maximum absolute atomic E-state index is 11.9. The molecule has 0 saturated carbocycles. The Bertz CT molecular complexity index is 644. The number of hydrogen-bond donors (Lipinski definition) is 2. The first kappa shape index (κ1) is 14.9. The van der Waals surface area contributed by atoms with Crippen molar-refractivity contribution in [3.8, 4) is 5.75 Å². The number of nitrogens with one attached hydrogen (secondary N) is 2. The lowest BCUT2D eigenvalue weighted by molar-refractivity contribution is 0.262. The number of carbonyl (C=O) groups is 1. The van der Waals surface area contributed by atoms with Crippen molar-refractivity contribution in [2.24, 2.45) is 0 Å². The highest BCUT2D eigenvalue weighted by Crippen LogP contribution is 2.18. The van der Waals surface area contributed by atoms with Crippen molar-refractivity contribution in [1.82, 2.24) is 0 Å². The van der Waals surface area contributed by atoms with Gasteiger partial charge in [-0.05, 0) is 30.3 Å². The Morgan fingerprint density at radius 1 is 1.14 bits per heavy atom. The molecule has 4 nitrogen and oxygen atoms in total. The molecule has 0 aromatic heterocycles. The van der Waals surface area contributed by atoms with Crippen LogP contribution < -0.4 is 15.4 Å². The zero-order valence-corrected chi connectivity index (χ0v) is 12.1. The highest BCUT2D eigenvalue weighted by molar-refractivity contribution is 6.30. The predicted molar refractivity (Wildman–Crippen MR) is 86.2 cm³/mol. The van der Waals surface area contributed by atoms with Gasteiger partial charge in [-0.25, -0.2) is 4.79 Å². The molecule has 108 valence electrons. The Hall–Kier alpha value is -2.46. The molecular weight excluding hydrogens is 288 g/mol. The number of carbonyl (C=O) groups excluding carboxylic acids is 1. The molecule has 2 rings (SSSR count). The van der Waals surface area contributed by atoms with Crippen LogP contribution >= 0.6 is 11.6 Å². The number of amides is 2. The summed E-state index contributed by atoms with van der Waals surface area (Å²) < 4.78 is 5.40. The molecule has 0 radical (unpaired) electrons. The van der Waals surface area contributed by atoms with E-state index in [0.717, 1.165) is 0 Å². The largest absolute Gasteiger partial charge is 0.489 e. The van der Waals surface area contributed by atoms with Gasteiger partial charge in [0.2, 0.25) is 0 Å². The second-order valence-corrected chi connectivity index (χ2v) is 4.65. The fraction of sp³-hybridized carbons (Fsp3) is 0.0625. The number of hydrogen-bond acceptors (Lipinski definition) is 2. The fourth-order valence-corrected chi connectivity index (χ4v) is 1.87. The summed E-state index contributed by atoms with van der Waals surface area (Å²) in [5, 5.41) is 5.99. The number of ether oxygens (including phenoxy) is 1. The summed E-state index contributed by atoms with van der Waals surface area (Å²) in [6.07, 6.45) is 1.66. The van der Waals surface area contributed by atoms with Crippen LogP contribution in [0.1, 0.15) is 0 Å². The van der Waals surface area contributed by atoms with Gasteiger partial charge in [-0.3, -0.25) is 0 Å². The first-order valence-electron chi connectivity index (χ1n) is 6.35.